The topological polar surface area (TPSA) is 83.7 Å². The molecule has 1 aromatic heterocycles. The van der Waals surface area contributed by atoms with Crippen LogP contribution in [0.5, 0.6) is 11.5 Å². The Morgan fingerprint density at radius 1 is 0.939 bits per heavy atom. The number of rotatable bonds is 6. The number of aromatic amines is 1. The van der Waals surface area contributed by atoms with Crippen LogP contribution in [0.1, 0.15) is 12.0 Å². The van der Waals surface area contributed by atoms with E-state index in [4.69, 9.17) is 9.47 Å². The van der Waals surface area contributed by atoms with E-state index in [1.54, 1.807) is 44.7 Å². The Kier molecular flexibility index (Phi) is 5.01. The summed E-state index contributed by atoms with van der Waals surface area (Å²) in [4.78, 5) is 31.9. The first-order valence-electron chi connectivity index (χ1n) is 10.6. The number of carbonyl (C=O) groups excluding carboxylic acids is 2. The van der Waals surface area contributed by atoms with Crippen molar-refractivity contribution in [3.63, 3.8) is 0 Å². The van der Waals surface area contributed by atoms with Gasteiger partial charge in [-0.25, -0.2) is 0 Å². The molecule has 4 aromatic rings. The van der Waals surface area contributed by atoms with E-state index in [1.807, 2.05) is 48.5 Å². The highest BCUT2D eigenvalue weighted by Gasteiger charge is 2.60. The van der Waals surface area contributed by atoms with Crippen LogP contribution < -0.4 is 19.7 Å². The highest BCUT2D eigenvalue weighted by molar-refractivity contribution is 6.19. The molecule has 1 unspecified atom stereocenters. The third kappa shape index (κ3) is 3.12. The van der Waals surface area contributed by atoms with Crippen LogP contribution in [0, 0.1) is 0 Å². The number of methoxy groups -OCH3 is 2. The maximum absolute atomic E-state index is 14.0. The van der Waals surface area contributed by atoms with Gasteiger partial charge in [0, 0.05) is 22.7 Å². The van der Waals surface area contributed by atoms with Crippen molar-refractivity contribution in [1.82, 2.24) is 4.98 Å². The summed E-state index contributed by atoms with van der Waals surface area (Å²) in [6.45, 7) is 0. The summed E-state index contributed by atoms with van der Waals surface area (Å²) in [5.41, 5.74) is 1.40. The van der Waals surface area contributed by atoms with E-state index in [1.165, 1.54) is 4.90 Å². The van der Waals surface area contributed by atoms with Gasteiger partial charge in [0.05, 0.1) is 32.0 Å². The zero-order valence-electron chi connectivity index (χ0n) is 18.3. The predicted molar refractivity (Wildman–Crippen MR) is 127 cm³/mol. The number of hydrogen-bond donors (Lipinski definition) is 2. The van der Waals surface area contributed by atoms with Crippen LogP contribution in [0.4, 0.5) is 11.4 Å². The van der Waals surface area contributed by atoms with Gasteiger partial charge in [-0.1, -0.05) is 42.5 Å². The van der Waals surface area contributed by atoms with Crippen LogP contribution in [0.2, 0.25) is 0 Å². The molecule has 2 N–H and O–H groups in total. The molecule has 0 aliphatic carbocycles. The molecule has 5 rings (SSSR count). The van der Waals surface area contributed by atoms with E-state index in [9.17, 15) is 9.59 Å². The lowest BCUT2D eigenvalue weighted by atomic mass is 9.75. The van der Waals surface area contributed by atoms with Gasteiger partial charge in [0.25, 0.3) is 5.91 Å². The molecule has 3 aromatic carbocycles. The van der Waals surface area contributed by atoms with Crippen molar-refractivity contribution in [1.29, 1.82) is 0 Å². The summed E-state index contributed by atoms with van der Waals surface area (Å²) in [7, 11) is 3.10. The summed E-state index contributed by atoms with van der Waals surface area (Å²) in [6, 6.07) is 22.1. The quantitative estimate of drug-likeness (QED) is 0.433. The van der Waals surface area contributed by atoms with Gasteiger partial charge in [-0.15, -0.1) is 0 Å². The second-order valence-electron chi connectivity index (χ2n) is 7.84. The van der Waals surface area contributed by atoms with Crippen LogP contribution in [0.15, 0.2) is 79.0 Å². The van der Waals surface area contributed by atoms with Crippen LogP contribution in [-0.2, 0) is 15.1 Å². The minimum absolute atomic E-state index is 0.0217. The van der Waals surface area contributed by atoms with Crippen molar-refractivity contribution in [2.45, 2.75) is 12.0 Å². The smallest absolute Gasteiger partial charge is 0.256 e. The van der Waals surface area contributed by atoms with Crippen molar-refractivity contribution in [2.75, 3.05) is 24.4 Å². The lowest BCUT2D eigenvalue weighted by molar-refractivity contribution is -0.137. The number of ether oxygens (including phenoxy) is 2. The number of β-lactam (4-membered cyclic amide) rings is 1. The van der Waals surface area contributed by atoms with E-state index < -0.39 is 5.54 Å². The van der Waals surface area contributed by atoms with Crippen molar-refractivity contribution >= 4 is 34.1 Å². The summed E-state index contributed by atoms with van der Waals surface area (Å²) in [6.07, 6.45) is 1.83. The molecule has 1 aliphatic heterocycles. The largest absolute Gasteiger partial charge is 0.495 e. The lowest BCUT2D eigenvalue weighted by Crippen LogP contribution is -2.67. The van der Waals surface area contributed by atoms with Crippen LogP contribution in [0.25, 0.3) is 10.9 Å². The maximum atomic E-state index is 14.0. The molecule has 0 bridgehead atoms. The van der Waals surface area contributed by atoms with Gasteiger partial charge in [-0.2, -0.15) is 0 Å². The molecule has 1 atom stereocenters. The molecule has 0 spiro atoms. The number of H-pyrrole nitrogens is 1. The molecule has 7 heteroatoms. The first kappa shape index (κ1) is 20.6. The van der Waals surface area contributed by atoms with Gasteiger partial charge in [0.1, 0.15) is 11.5 Å². The summed E-state index contributed by atoms with van der Waals surface area (Å²) in [5.74, 6) is 0.552. The number of carbonyl (C=O) groups is 2. The number of anilines is 2. The summed E-state index contributed by atoms with van der Waals surface area (Å²) >= 11 is 0. The molecule has 1 saturated heterocycles. The van der Waals surface area contributed by atoms with Gasteiger partial charge in [0.2, 0.25) is 5.91 Å². The number of hydrogen-bond acceptors (Lipinski definition) is 4. The number of aromatic nitrogens is 1. The van der Waals surface area contributed by atoms with E-state index in [0.717, 1.165) is 16.5 Å². The summed E-state index contributed by atoms with van der Waals surface area (Å²) in [5, 5.41) is 3.88. The Labute approximate surface area is 190 Å². The highest BCUT2D eigenvalue weighted by Crippen LogP contribution is 2.50. The normalized spacial score (nSPS) is 17.5. The highest BCUT2D eigenvalue weighted by atomic mass is 16.5. The summed E-state index contributed by atoms with van der Waals surface area (Å²) < 4.78 is 10.9. The monoisotopic (exact) mass is 441 g/mol. The van der Waals surface area contributed by atoms with E-state index in [-0.39, 0.29) is 18.2 Å². The minimum atomic E-state index is -1.27. The predicted octanol–water partition coefficient (Wildman–Crippen LogP) is 4.46. The van der Waals surface area contributed by atoms with E-state index >= 15 is 0 Å². The second-order valence-corrected chi connectivity index (χ2v) is 7.84. The maximum Gasteiger partial charge on any atom is 0.256 e. The van der Waals surface area contributed by atoms with Crippen molar-refractivity contribution < 1.29 is 19.1 Å². The SMILES string of the molecule is COc1ccccc1NC(=O)C1(c2c[nH]c3ccccc23)CC(=O)N1c1ccccc1OC. The van der Waals surface area contributed by atoms with Crippen molar-refractivity contribution in [3.8, 4) is 11.5 Å². The average molecular weight is 441 g/mol. The fourth-order valence-corrected chi connectivity index (χ4v) is 4.56. The number of benzene rings is 3. The molecule has 0 radical (unpaired) electrons. The third-order valence-corrected chi connectivity index (χ3v) is 6.13. The Hall–Kier alpha value is -4.26. The van der Waals surface area contributed by atoms with Crippen LogP contribution >= 0.6 is 0 Å². The Morgan fingerprint density at radius 2 is 1.61 bits per heavy atom. The van der Waals surface area contributed by atoms with Gasteiger partial charge >= 0.3 is 0 Å². The van der Waals surface area contributed by atoms with Crippen LogP contribution in [0.3, 0.4) is 0 Å². The fraction of sp³-hybridized carbons (Fsp3) is 0.154. The van der Waals surface area contributed by atoms with E-state index in [2.05, 4.69) is 10.3 Å². The van der Waals surface area contributed by atoms with Crippen molar-refractivity contribution in [2.24, 2.45) is 0 Å². The molecular formula is C26H23N3O4. The number of nitrogens with one attached hydrogen (secondary N) is 2. The number of amides is 2. The molecule has 1 aliphatic rings. The van der Waals surface area contributed by atoms with Crippen molar-refractivity contribution in [3.05, 3.63) is 84.6 Å². The van der Waals surface area contributed by atoms with Gasteiger partial charge in [-0.3, -0.25) is 14.5 Å². The van der Waals surface area contributed by atoms with Gasteiger partial charge < -0.3 is 19.8 Å². The number of fused-ring (bicyclic) bond motifs is 1. The molecular weight excluding hydrogens is 418 g/mol. The Morgan fingerprint density at radius 3 is 2.36 bits per heavy atom. The number of para-hydroxylation sites is 5. The van der Waals surface area contributed by atoms with Gasteiger partial charge in [0.15, 0.2) is 5.54 Å². The molecule has 0 saturated carbocycles. The minimum Gasteiger partial charge on any atom is -0.495 e. The molecule has 33 heavy (non-hydrogen) atoms. The fourth-order valence-electron chi connectivity index (χ4n) is 4.56. The van der Waals surface area contributed by atoms with E-state index in [0.29, 0.717) is 22.9 Å². The zero-order valence-corrected chi connectivity index (χ0v) is 18.3. The molecule has 7 nitrogen and oxygen atoms in total. The molecule has 2 heterocycles. The third-order valence-electron chi connectivity index (χ3n) is 6.13. The molecule has 166 valence electrons. The standard InChI is InChI=1S/C26H23N3O4/c1-32-22-13-7-5-11-20(22)28-25(31)26(18-16-27-19-10-4-3-9-17(18)19)15-24(30)29(26)21-12-6-8-14-23(21)33-2/h3-14,16,27H,15H2,1-2H3,(H,28,31). The Bertz CT molecular complexity index is 1360. The first-order chi connectivity index (χ1) is 16.1. The van der Waals surface area contributed by atoms with Crippen LogP contribution in [-0.4, -0.2) is 31.0 Å². The first-order valence-corrected chi connectivity index (χ1v) is 10.6. The number of nitrogens with zero attached hydrogens (tertiary/aromatic N) is 1. The lowest BCUT2D eigenvalue weighted by Gasteiger charge is -2.50. The average Bonchev–Trinajstić information content (AvgIpc) is 3.27. The molecule has 2 amide bonds. The molecule has 1 fully saturated rings. The second kappa shape index (κ2) is 8.02. The van der Waals surface area contributed by atoms with Gasteiger partial charge in [-0.05, 0) is 30.3 Å². The zero-order chi connectivity index (χ0) is 23.0. The Balaban J connectivity index is 1.69.